The predicted octanol–water partition coefficient (Wildman–Crippen LogP) is 5.19. The van der Waals surface area contributed by atoms with Gasteiger partial charge in [0.15, 0.2) is 0 Å². The quantitative estimate of drug-likeness (QED) is 0.503. The first kappa shape index (κ1) is 17.3. The number of hydrogen-bond acceptors (Lipinski definition) is 2. The Morgan fingerprint density at radius 2 is 1.52 bits per heavy atom. The highest BCUT2D eigenvalue weighted by Gasteiger charge is 2.50. The van der Waals surface area contributed by atoms with Gasteiger partial charge in [0.2, 0.25) is 0 Å². The van der Waals surface area contributed by atoms with Gasteiger partial charge in [0, 0.05) is 12.0 Å². The minimum atomic E-state index is 0.350. The maximum atomic E-state index is 6.10. The summed E-state index contributed by atoms with van der Waals surface area (Å²) in [7, 11) is 0. The van der Waals surface area contributed by atoms with Crippen molar-refractivity contribution in [3.63, 3.8) is 0 Å². The van der Waals surface area contributed by atoms with Crippen LogP contribution >= 0.6 is 0 Å². The van der Waals surface area contributed by atoms with Crippen molar-refractivity contribution in [2.75, 3.05) is 6.54 Å². The van der Waals surface area contributed by atoms with Crippen molar-refractivity contribution in [2.24, 2.45) is 11.1 Å². The fourth-order valence-corrected chi connectivity index (χ4v) is 4.44. The lowest BCUT2D eigenvalue weighted by Crippen LogP contribution is -2.39. The molecule has 124 valence electrons. The average Bonchev–Trinajstić information content (AvgIpc) is 3.10. The molecule has 2 heteroatoms. The molecule has 3 unspecified atom stereocenters. The van der Waals surface area contributed by atoms with Crippen molar-refractivity contribution in [1.82, 2.24) is 0 Å². The maximum Gasteiger partial charge on any atom is 0.0649 e. The fourth-order valence-electron chi connectivity index (χ4n) is 4.44. The van der Waals surface area contributed by atoms with Gasteiger partial charge in [-0.25, -0.2) is 0 Å². The van der Waals surface area contributed by atoms with E-state index in [-0.39, 0.29) is 0 Å². The third-order valence-electron chi connectivity index (χ3n) is 5.86. The van der Waals surface area contributed by atoms with Crippen molar-refractivity contribution in [1.29, 1.82) is 0 Å². The highest BCUT2D eigenvalue weighted by molar-refractivity contribution is 5.00. The van der Waals surface area contributed by atoms with Gasteiger partial charge < -0.3 is 10.5 Å². The molecule has 21 heavy (non-hydrogen) atoms. The highest BCUT2D eigenvalue weighted by Crippen LogP contribution is 2.49. The average molecular weight is 296 g/mol. The first-order valence-electron chi connectivity index (χ1n) is 9.66. The standard InChI is InChI=1S/C19H37NO/c1-2-3-4-5-6-7-8-9-10-11-14-19(16-20)15-17-12-13-18(19)21-17/h17-18H,2-16,20H2,1H3. The van der Waals surface area contributed by atoms with E-state index in [1.807, 2.05) is 0 Å². The first-order chi connectivity index (χ1) is 10.3. The smallest absolute Gasteiger partial charge is 0.0649 e. The van der Waals surface area contributed by atoms with Gasteiger partial charge in [0.05, 0.1) is 12.2 Å². The van der Waals surface area contributed by atoms with E-state index in [1.54, 1.807) is 0 Å². The molecule has 0 aromatic heterocycles. The summed E-state index contributed by atoms with van der Waals surface area (Å²) in [6.07, 6.45) is 20.3. The van der Waals surface area contributed by atoms with E-state index < -0.39 is 0 Å². The second-order valence-corrected chi connectivity index (χ2v) is 7.53. The summed E-state index contributed by atoms with van der Waals surface area (Å²) >= 11 is 0. The molecule has 2 saturated heterocycles. The Hall–Kier alpha value is -0.0800. The Bertz CT molecular complexity index is 281. The van der Waals surface area contributed by atoms with Crippen LogP contribution in [0.25, 0.3) is 0 Å². The minimum Gasteiger partial charge on any atom is -0.374 e. The Morgan fingerprint density at radius 3 is 2.00 bits per heavy atom. The molecule has 3 atom stereocenters. The van der Waals surface area contributed by atoms with E-state index in [4.69, 9.17) is 10.5 Å². The molecule has 2 rings (SSSR count). The van der Waals surface area contributed by atoms with Crippen molar-refractivity contribution < 1.29 is 4.74 Å². The third-order valence-corrected chi connectivity index (χ3v) is 5.86. The summed E-state index contributed by atoms with van der Waals surface area (Å²) in [4.78, 5) is 0. The van der Waals surface area contributed by atoms with Gasteiger partial charge in [-0.05, 0) is 25.7 Å². The first-order valence-corrected chi connectivity index (χ1v) is 9.66. The zero-order valence-electron chi connectivity index (χ0n) is 14.2. The highest BCUT2D eigenvalue weighted by atomic mass is 16.5. The van der Waals surface area contributed by atoms with E-state index in [0.717, 1.165) is 6.54 Å². The molecule has 0 saturated carbocycles. The number of nitrogens with two attached hydrogens (primary N) is 1. The van der Waals surface area contributed by atoms with Crippen LogP contribution in [0, 0.1) is 5.41 Å². The maximum absolute atomic E-state index is 6.10. The SMILES string of the molecule is CCCCCCCCCCCCC1(CN)CC2CCC1O2. The minimum absolute atomic E-state index is 0.350. The number of hydrogen-bond donors (Lipinski definition) is 1. The van der Waals surface area contributed by atoms with E-state index in [9.17, 15) is 0 Å². The summed E-state index contributed by atoms with van der Waals surface area (Å²) in [6.45, 7) is 3.13. The number of fused-ring (bicyclic) bond motifs is 2. The largest absolute Gasteiger partial charge is 0.374 e. The van der Waals surface area contributed by atoms with Crippen molar-refractivity contribution >= 4 is 0 Å². The number of unbranched alkanes of at least 4 members (excludes halogenated alkanes) is 9. The van der Waals surface area contributed by atoms with Crippen molar-refractivity contribution in [3.8, 4) is 0 Å². The normalized spacial score (nSPS) is 31.1. The lowest BCUT2D eigenvalue weighted by molar-refractivity contribution is 0.0587. The molecular formula is C19H37NO. The molecule has 0 radical (unpaired) electrons. The zero-order valence-corrected chi connectivity index (χ0v) is 14.2. The Kier molecular flexibility index (Phi) is 7.53. The molecule has 2 heterocycles. The summed E-state index contributed by atoms with van der Waals surface area (Å²) in [5.41, 5.74) is 6.45. The van der Waals surface area contributed by atoms with Crippen LogP contribution in [-0.4, -0.2) is 18.8 Å². The summed E-state index contributed by atoms with van der Waals surface area (Å²) in [5.74, 6) is 0. The van der Waals surface area contributed by atoms with Crippen LogP contribution < -0.4 is 5.73 Å². The second-order valence-electron chi connectivity index (χ2n) is 7.53. The monoisotopic (exact) mass is 295 g/mol. The van der Waals surface area contributed by atoms with Gasteiger partial charge in [-0.3, -0.25) is 0 Å². The lowest BCUT2D eigenvalue weighted by atomic mass is 9.71. The third kappa shape index (κ3) is 4.96. The molecule has 0 aromatic rings. The van der Waals surface area contributed by atoms with Gasteiger partial charge in [0.1, 0.15) is 0 Å². The molecule has 2 bridgehead atoms. The molecule has 2 aliphatic heterocycles. The van der Waals surface area contributed by atoms with E-state index in [0.29, 0.717) is 17.6 Å². The van der Waals surface area contributed by atoms with Gasteiger partial charge in [-0.1, -0.05) is 71.1 Å². The van der Waals surface area contributed by atoms with E-state index >= 15 is 0 Å². The van der Waals surface area contributed by atoms with Crippen molar-refractivity contribution in [3.05, 3.63) is 0 Å². The van der Waals surface area contributed by atoms with Gasteiger partial charge >= 0.3 is 0 Å². The molecule has 2 fully saturated rings. The summed E-state index contributed by atoms with van der Waals surface area (Å²) in [6, 6.07) is 0. The Morgan fingerprint density at radius 1 is 0.905 bits per heavy atom. The summed E-state index contributed by atoms with van der Waals surface area (Å²) < 4.78 is 6.04. The molecule has 0 spiro atoms. The van der Waals surface area contributed by atoms with Crippen molar-refractivity contribution in [2.45, 2.75) is 109 Å². The van der Waals surface area contributed by atoms with Gasteiger partial charge in [-0.2, -0.15) is 0 Å². The van der Waals surface area contributed by atoms with Crippen LogP contribution in [0.1, 0.15) is 96.8 Å². The van der Waals surface area contributed by atoms with Crippen LogP contribution in [-0.2, 0) is 4.74 Å². The molecule has 0 aromatic carbocycles. The topological polar surface area (TPSA) is 35.2 Å². The number of ether oxygens (including phenoxy) is 1. The predicted molar refractivity (Wildman–Crippen MR) is 90.5 cm³/mol. The Labute approximate surface area is 132 Å². The summed E-state index contributed by atoms with van der Waals surface area (Å²) in [5, 5.41) is 0. The van der Waals surface area contributed by atoms with Crippen LogP contribution in [0.4, 0.5) is 0 Å². The number of rotatable bonds is 12. The van der Waals surface area contributed by atoms with Crippen LogP contribution in [0.15, 0.2) is 0 Å². The van der Waals surface area contributed by atoms with E-state index in [1.165, 1.54) is 89.9 Å². The zero-order chi connectivity index (χ0) is 15.0. The molecule has 2 aliphatic rings. The van der Waals surface area contributed by atoms with Gasteiger partial charge in [0.25, 0.3) is 0 Å². The Balaban J connectivity index is 1.46. The van der Waals surface area contributed by atoms with Crippen LogP contribution in [0.2, 0.25) is 0 Å². The van der Waals surface area contributed by atoms with E-state index in [2.05, 4.69) is 6.92 Å². The van der Waals surface area contributed by atoms with Crippen LogP contribution in [0.3, 0.4) is 0 Å². The second kappa shape index (κ2) is 9.15. The molecule has 2 N–H and O–H groups in total. The molecular weight excluding hydrogens is 258 g/mol. The molecule has 0 amide bonds. The molecule has 2 nitrogen and oxygen atoms in total. The fraction of sp³-hybridized carbons (Fsp3) is 1.00. The van der Waals surface area contributed by atoms with Gasteiger partial charge in [-0.15, -0.1) is 0 Å². The lowest BCUT2D eigenvalue weighted by Gasteiger charge is -2.34. The molecule has 0 aliphatic carbocycles. The van der Waals surface area contributed by atoms with Crippen LogP contribution in [0.5, 0.6) is 0 Å².